The molecule has 2 aromatic rings. The molecule has 7 heteroatoms. The molecule has 6 nitrogen and oxygen atoms in total. The Morgan fingerprint density at radius 1 is 1.10 bits per heavy atom. The average Bonchev–Trinajstić information content (AvgIpc) is 3.44. The first-order valence-electron chi connectivity index (χ1n) is 10.3. The van der Waals surface area contributed by atoms with Crippen LogP contribution in [-0.4, -0.2) is 52.7 Å². The third-order valence-corrected chi connectivity index (χ3v) is 6.26. The second-order valence-electron chi connectivity index (χ2n) is 7.45. The molecule has 1 fully saturated rings. The maximum absolute atomic E-state index is 13.2. The summed E-state index contributed by atoms with van der Waals surface area (Å²) < 4.78 is 5.19. The summed E-state index contributed by atoms with van der Waals surface area (Å²) in [5, 5.41) is 0.571. The molecular weight excluding hydrogens is 410 g/mol. The Bertz CT molecular complexity index is 996. The SMILES string of the molecule is COc1ccc(/C=C2\N=C(SCC(=O)N3CCCC3)N(Cc3ccccc3)C2=O)cc1. The van der Waals surface area contributed by atoms with Gasteiger partial charge in [0.1, 0.15) is 11.4 Å². The quantitative estimate of drug-likeness (QED) is 0.648. The van der Waals surface area contributed by atoms with E-state index in [0.717, 1.165) is 42.8 Å². The number of methoxy groups -OCH3 is 1. The van der Waals surface area contributed by atoms with E-state index >= 15 is 0 Å². The predicted molar refractivity (Wildman–Crippen MR) is 124 cm³/mol. The van der Waals surface area contributed by atoms with Crippen molar-refractivity contribution in [3.63, 3.8) is 0 Å². The number of thioether (sulfide) groups is 1. The molecular formula is C24H25N3O3S. The van der Waals surface area contributed by atoms with Crippen LogP contribution in [0.3, 0.4) is 0 Å². The van der Waals surface area contributed by atoms with E-state index in [-0.39, 0.29) is 17.6 Å². The number of carbonyl (C=O) groups excluding carboxylic acids is 2. The fraction of sp³-hybridized carbons (Fsp3) is 0.292. The highest BCUT2D eigenvalue weighted by Crippen LogP contribution is 2.27. The molecule has 0 unspecified atom stereocenters. The third-order valence-electron chi connectivity index (χ3n) is 5.30. The van der Waals surface area contributed by atoms with Gasteiger partial charge in [-0.15, -0.1) is 0 Å². The predicted octanol–water partition coefficient (Wildman–Crippen LogP) is 3.79. The number of carbonyl (C=O) groups is 2. The Morgan fingerprint density at radius 2 is 1.81 bits per heavy atom. The lowest BCUT2D eigenvalue weighted by Gasteiger charge is -2.19. The number of benzene rings is 2. The van der Waals surface area contributed by atoms with E-state index in [0.29, 0.717) is 17.4 Å². The molecule has 2 aromatic carbocycles. The Balaban J connectivity index is 1.54. The van der Waals surface area contributed by atoms with Gasteiger partial charge in [-0.2, -0.15) is 0 Å². The van der Waals surface area contributed by atoms with Gasteiger partial charge in [0.05, 0.1) is 19.4 Å². The molecule has 31 heavy (non-hydrogen) atoms. The maximum atomic E-state index is 13.2. The molecule has 2 amide bonds. The summed E-state index contributed by atoms with van der Waals surface area (Å²) in [6.07, 6.45) is 3.89. The van der Waals surface area contributed by atoms with Crippen LogP contribution in [0.15, 0.2) is 65.3 Å². The van der Waals surface area contributed by atoms with E-state index in [2.05, 4.69) is 4.99 Å². The third kappa shape index (κ3) is 5.17. The van der Waals surface area contributed by atoms with Gasteiger partial charge in [-0.3, -0.25) is 14.5 Å². The normalized spacial score (nSPS) is 17.4. The number of ether oxygens (including phenoxy) is 1. The average molecular weight is 436 g/mol. The first-order chi connectivity index (χ1) is 15.1. The Labute approximate surface area is 186 Å². The minimum absolute atomic E-state index is 0.102. The van der Waals surface area contributed by atoms with E-state index in [4.69, 9.17) is 4.74 Å². The van der Waals surface area contributed by atoms with Gasteiger partial charge in [-0.25, -0.2) is 4.99 Å². The molecule has 2 heterocycles. The van der Waals surface area contributed by atoms with Gasteiger partial charge < -0.3 is 9.64 Å². The van der Waals surface area contributed by atoms with Crippen molar-refractivity contribution in [1.29, 1.82) is 0 Å². The molecule has 4 rings (SSSR count). The van der Waals surface area contributed by atoms with Gasteiger partial charge in [0.2, 0.25) is 5.91 Å². The van der Waals surface area contributed by atoms with Crippen molar-refractivity contribution >= 4 is 34.8 Å². The van der Waals surface area contributed by atoms with Crippen molar-refractivity contribution in [3.05, 3.63) is 71.4 Å². The zero-order valence-electron chi connectivity index (χ0n) is 17.5. The van der Waals surface area contributed by atoms with Crippen LogP contribution in [0.5, 0.6) is 5.75 Å². The number of likely N-dealkylation sites (tertiary alicyclic amines) is 1. The highest BCUT2D eigenvalue weighted by Gasteiger charge is 2.31. The molecule has 0 aromatic heterocycles. The number of amidine groups is 1. The van der Waals surface area contributed by atoms with Crippen molar-refractivity contribution in [2.45, 2.75) is 19.4 Å². The van der Waals surface area contributed by atoms with E-state index in [9.17, 15) is 9.59 Å². The first-order valence-corrected chi connectivity index (χ1v) is 11.3. The van der Waals surface area contributed by atoms with Crippen molar-refractivity contribution in [2.75, 3.05) is 26.0 Å². The van der Waals surface area contributed by atoms with E-state index in [1.54, 1.807) is 18.1 Å². The fourth-order valence-electron chi connectivity index (χ4n) is 3.59. The monoisotopic (exact) mass is 435 g/mol. The van der Waals surface area contributed by atoms with Gasteiger partial charge in [0.15, 0.2) is 5.17 Å². The molecule has 0 radical (unpaired) electrons. The first kappa shape index (κ1) is 21.2. The van der Waals surface area contributed by atoms with E-state index in [1.807, 2.05) is 59.5 Å². The molecule has 2 aliphatic rings. The molecule has 0 saturated carbocycles. The summed E-state index contributed by atoms with van der Waals surface area (Å²) >= 11 is 1.33. The summed E-state index contributed by atoms with van der Waals surface area (Å²) in [5.41, 5.74) is 2.25. The summed E-state index contributed by atoms with van der Waals surface area (Å²) in [6, 6.07) is 17.3. The van der Waals surface area contributed by atoms with E-state index in [1.165, 1.54) is 11.8 Å². The fourth-order valence-corrected chi connectivity index (χ4v) is 4.49. The zero-order chi connectivity index (χ0) is 21.6. The van der Waals surface area contributed by atoms with Crippen molar-refractivity contribution in [3.8, 4) is 5.75 Å². The molecule has 0 bridgehead atoms. The topological polar surface area (TPSA) is 62.2 Å². The van der Waals surface area contributed by atoms with Crippen molar-refractivity contribution in [1.82, 2.24) is 9.80 Å². The Morgan fingerprint density at radius 3 is 2.48 bits per heavy atom. The maximum Gasteiger partial charge on any atom is 0.278 e. The highest BCUT2D eigenvalue weighted by atomic mass is 32.2. The summed E-state index contributed by atoms with van der Waals surface area (Å²) in [7, 11) is 1.62. The molecule has 0 atom stereocenters. The Kier molecular flexibility index (Phi) is 6.72. The number of aliphatic imine (C=N–C) groups is 1. The molecule has 2 aliphatic heterocycles. The van der Waals surface area contributed by atoms with Crippen LogP contribution in [0.2, 0.25) is 0 Å². The van der Waals surface area contributed by atoms with Crippen molar-refractivity contribution in [2.24, 2.45) is 4.99 Å². The summed E-state index contributed by atoms with van der Waals surface area (Å²) in [5.74, 6) is 0.985. The minimum Gasteiger partial charge on any atom is -0.497 e. The second kappa shape index (κ2) is 9.83. The highest BCUT2D eigenvalue weighted by molar-refractivity contribution is 8.14. The number of rotatable bonds is 6. The summed E-state index contributed by atoms with van der Waals surface area (Å²) in [6.45, 7) is 2.06. The molecule has 160 valence electrons. The summed E-state index contributed by atoms with van der Waals surface area (Å²) in [4.78, 5) is 33.8. The van der Waals surface area contributed by atoms with Crippen LogP contribution in [0, 0.1) is 0 Å². The standard InChI is InChI=1S/C24H25N3O3S/c1-30-20-11-9-18(10-12-20)15-21-23(29)27(16-19-7-3-2-4-8-19)24(25-21)31-17-22(28)26-13-5-6-14-26/h2-4,7-12,15H,5-6,13-14,16-17H2,1H3/b21-15-. The van der Waals surface area contributed by atoms with Crippen LogP contribution in [0.25, 0.3) is 6.08 Å². The zero-order valence-corrected chi connectivity index (χ0v) is 18.3. The van der Waals surface area contributed by atoms with Gasteiger partial charge in [0.25, 0.3) is 5.91 Å². The van der Waals surface area contributed by atoms with Gasteiger partial charge in [0, 0.05) is 13.1 Å². The van der Waals surface area contributed by atoms with Crippen LogP contribution >= 0.6 is 11.8 Å². The van der Waals surface area contributed by atoms with E-state index < -0.39 is 0 Å². The van der Waals surface area contributed by atoms with Gasteiger partial charge >= 0.3 is 0 Å². The van der Waals surface area contributed by atoms with Crippen LogP contribution in [0.1, 0.15) is 24.0 Å². The number of amides is 2. The minimum atomic E-state index is -0.157. The molecule has 0 N–H and O–H groups in total. The van der Waals surface area contributed by atoms with Gasteiger partial charge in [-0.05, 0) is 42.2 Å². The smallest absolute Gasteiger partial charge is 0.278 e. The lowest BCUT2D eigenvalue weighted by Crippen LogP contribution is -2.33. The largest absolute Gasteiger partial charge is 0.497 e. The molecule has 1 saturated heterocycles. The van der Waals surface area contributed by atoms with Gasteiger partial charge in [-0.1, -0.05) is 54.2 Å². The molecule has 0 spiro atoms. The number of nitrogens with zero attached hydrogens (tertiary/aromatic N) is 3. The lowest BCUT2D eigenvalue weighted by molar-refractivity contribution is -0.127. The number of hydrogen-bond acceptors (Lipinski definition) is 5. The van der Waals surface area contributed by atoms with Crippen LogP contribution in [-0.2, 0) is 16.1 Å². The van der Waals surface area contributed by atoms with Crippen LogP contribution < -0.4 is 4.74 Å². The second-order valence-corrected chi connectivity index (χ2v) is 8.39. The Hall–Kier alpha value is -3.06. The van der Waals surface area contributed by atoms with Crippen LogP contribution in [0.4, 0.5) is 0 Å². The van der Waals surface area contributed by atoms with Crippen molar-refractivity contribution < 1.29 is 14.3 Å². The lowest BCUT2D eigenvalue weighted by atomic mass is 10.1. The molecule has 0 aliphatic carbocycles. The number of hydrogen-bond donors (Lipinski definition) is 0.